The summed E-state index contributed by atoms with van der Waals surface area (Å²) < 4.78 is 20.7. The van der Waals surface area contributed by atoms with E-state index in [9.17, 15) is 29.0 Å². The number of aliphatic hydroxyl groups excluding tert-OH is 1. The molecule has 112 valence electrons. The van der Waals surface area contributed by atoms with E-state index in [-0.39, 0.29) is 6.42 Å². The Balaban J connectivity index is 2.08. The summed E-state index contributed by atoms with van der Waals surface area (Å²) >= 11 is 0. The number of hydrogen-bond donors (Lipinski definition) is 2. The predicted molar refractivity (Wildman–Crippen MR) is 59.4 cm³/mol. The molecule has 1 aromatic heterocycles. The van der Waals surface area contributed by atoms with Crippen LogP contribution < -0.4 is 21.0 Å². The fourth-order valence-corrected chi connectivity index (χ4v) is 2.18. The molecule has 3 unspecified atom stereocenters. The minimum atomic E-state index is -5.16. The maximum absolute atomic E-state index is 11.5. The van der Waals surface area contributed by atoms with Gasteiger partial charge in [-0.2, -0.15) is 0 Å². The number of H-pyrrole nitrogens is 1. The van der Waals surface area contributed by atoms with Crippen molar-refractivity contribution in [2.45, 2.75) is 24.9 Å². The number of nitrogens with zero attached hydrogens (tertiary/aromatic N) is 1. The van der Waals surface area contributed by atoms with Crippen LogP contribution in [0.15, 0.2) is 21.9 Å². The lowest BCUT2D eigenvalue weighted by Crippen LogP contribution is -2.32. The zero-order valence-electron chi connectivity index (χ0n) is 10.0. The molecule has 0 saturated carbocycles. The Morgan fingerprint density at radius 3 is 2.85 bits per heavy atom. The second kappa shape index (κ2) is 5.60. The predicted octanol–water partition coefficient (Wildman–Crippen LogP) is -2.97. The van der Waals surface area contributed by atoms with Crippen LogP contribution in [-0.2, 0) is 13.8 Å². The number of aliphatic hydroxyl groups is 1. The van der Waals surface area contributed by atoms with E-state index in [1.165, 1.54) is 6.20 Å². The Labute approximate surface area is 111 Å². The van der Waals surface area contributed by atoms with Crippen molar-refractivity contribution in [1.82, 2.24) is 9.55 Å². The van der Waals surface area contributed by atoms with E-state index in [1.54, 1.807) is 0 Å². The topological polar surface area (TPSA) is 157 Å². The summed E-state index contributed by atoms with van der Waals surface area (Å²) in [6.45, 7) is -0.639. The first-order chi connectivity index (χ1) is 9.26. The summed E-state index contributed by atoms with van der Waals surface area (Å²) in [4.78, 5) is 45.2. The highest BCUT2D eigenvalue weighted by Crippen LogP contribution is 2.31. The molecule has 2 heterocycles. The number of rotatable bonds is 4. The zero-order chi connectivity index (χ0) is 14.9. The Morgan fingerprint density at radius 2 is 2.25 bits per heavy atom. The third kappa shape index (κ3) is 3.63. The molecule has 0 aromatic carbocycles. The lowest BCUT2D eigenvalue weighted by molar-refractivity contribution is -0.343. The normalized spacial score (nSPS) is 26.9. The van der Waals surface area contributed by atoms with Crippen molar-refractivity contribution in [2.24, 2.45) is 0 Å². The van der Waals surface area contributed by atoms with Crippen molar-refractivity contribution in [3.63, 3.8) is 0 Å². The minimum Gasteiger partial charge on any atom is -0.790 e. The van der Waals surface area contributed by atoms with Crippen LogP contribution in [-0.4, -0.2) is 33.5 Å². The van der Waals surface area contributed by atoms with Crippen LogP contribution in [0.1, 0.15) is 12.6 Å². The van der Waals surface area contributed by atoms with Gasteiger partial charge in [0.1, 0.15) is 12.3 Å². The fraction of sp³-hybridized carbons (Fsp3) is 0.556. The third-order valence-corrected chi connectivity index (χ3v) is 3.23. The van der Waals surface area contributed by atoms with E-state index in [4.69, 9.17) is 4.74 Å². The molecule has 0 bridgehead atoms. The first kappa shape index (κ1) is 15.1. The molecular formula is C9H11N2O8P-2. The molecule has 1 aliphatic heterocycles. The van der Waals surface area contributed by atoms with Gasteiger partial charge in [-0.05, 0) is 0 Å². The maximum atomic E-state index is 11.5. The maximum Gasteiger partial charge on any atom is 0.330 e. The van der Waals surface area contributed by atoms with Crippen LogP contribution >= 0.6 is 7.82 Å². The summed E-state index contributed by atoms with van der Waals surface area (Å²) in [5.74, 6) is 0. The van der Waals surface area contributed by atoms with Crippen molar-refractivity contribution in [1.29, 1.82) is 0 Å². The van der Waals surface area contributed by atoms with Gasteiger partial charge in [-0.1, -0.05) is 0 Å². The van der Waals surface area contributed by atoms with Gasteiger partial charge in [-0.15, -0.1) is 0 Å². The van der Waals surface area contributed by atoms with E-state index in [0.29, 0.717) is 0 Å². The van der Waals surface area contributed by atoms with Crippen LogP contribution in [0, 0.1) is 0 Å². The fourth-order valence-electron chi connectivity index (χ4n) is 1.85. The molecule has 0 amide bonds. The second-order valence-corrected chi connectivity index (χ2v) is 5.35. The Hall–Kier alpha value is -1.29. The molecule has 0 radical (unpaired) electrons. The lowest BCUT2D eigenvalue weighted by atomic mass is 10.2. The summed E-state index contributed by atoms with van der Waals surface area (Å²) in [7, 11) is -5.16. The number of phosphoric acid groups is 1. The van der Waals surface area contributed by atoms with Gasteiger partial charge < -0.3 is 28.7 Å². The molecule has 0 aliphatic carbocycles. The molecular weight excluding hydrogens is 295 g/mol. The third-order valence-electron chi connectivity index (χ3n) is 2.76. The molecule has 2 rings (SSSR count). The van der Waals surface area contributed by atoms with Crippen LogP contribution in [0.25, 0.3) is 0 Å². The van der Waals surface area contributed by atoms with Crippen LogP contribution in [0.2, 0.25) is 0 Å². The van der Waals surface area contributed by atoms with E-state index in [0.717, 1.165) is 10.6 Å². The highest BCUT2D eigenvalue weighted by Gasteiger charge is 2.35. The molecule has 3 atom stereocenters. The highest BCUT2D eigenvalue weighted by atomic mass is 31.2. The lowest BCUT2D eigenvalue weighted by Gasteiger charge is -2.30. The van der Waals surface area contributed by atoms with Crippen molar-refractivity contribution in [3.05, 3.63) is 33.1 Å². The SMILES string of the molecule is O=c1ccn(C2CC(O)C(COP(=O)([O-])[O-])O2)c(=O)[nH]1. The average molecular weight is 306 g/mol. The van der Waals surface area contributed by atoms with E-state index >= 15 is 0 Å². The number of hydrogen-bond acceptors (Lipinski definition) is 8. The Morgan fingerprint density at radius 1 is 1.55 bits per heavy atom. The van der Waals surface area contributed by atoms with Crippen molar-refractivity contribution in [3.8, 4) is 0 Å². The number of aromatic nitrogens is 2. The molecule has 1 aliphatic rings. The Bertz CT molecular complexity index is 633. The summed E-state index contributed by atoms with van der Waals surface area (Å²) in [5, 5.41) is 9.68. The molecule has 1 fully saturated rings. The van der Waals surface area contributed by atoms with Gasteiger partial charge in [0.15, 0.2) is 0 Å². The van der Waals surface area contributed by atoms with E-state index in [2.05, 4.69) is 4.52 Å². The van der Waals surface area contributed by atoms with Gasteiger partial charge in [0, 0.05) is 18.7 Å². The first-order valence-electron chi connectivity index (χ1n) is 5.58. The van der Waals surface area contributed by atoms with E-state index < -0.39 is 44.1 Å². The minimum absolute atomic E-state index is 0.0119. The number of ether oxygens (including phenoxy) is 1. The molecule has 1 aromatic rings. The van der Waals surface area contributed by atoms with Crippen molar-refractivity contribution in [2.75, 3.05) is 6.61 Å². The largest absolute Gasteiger partial charge is 0.790 e. The van der Waals surface area contributed by atoms with Gasteiger partial charge in [-0.3, -0.25) is 14.3 Å². The summed E-state index contributed by atoms with van der Waals surface area (Å²) in [6, 6.07) is 1.10. The van der Waals surface area contributed by atoms with Gasteiger partial charge in [0.25, 0.3) is 5.56 Å². The summed E-state index contributed by atoms with van der Waals surface area (Å²) in [5.41, 5.74) is -1.31. The molecule has 11 heteroatoms. The van der Waals surface area contributed by atoms with Crippen LogP contribution in [0.5, 0.6) is 0 Å². The van der Waals surface area contributed by atoms with Crippen LogP contribution in [0.4, 0.5) is 0 Å². The van der Waals surface area contributed by atoms with Crippen molar-refractivity contribution >= 4 is 7.82 Å². The van der Waals surface area contributed by atoms with Gasteiger partial charge in [-0.25, -0.2) is 4.79 Å². The average Bonchev–Trinajstić information content (AvgIpc) is 2.67. The molecule has 20 heavy (non-hydrogen) atoms. The second-order valence-electron chi connectivity index (χ2n) is 4.19. The highest BCUT2D eigenvalue weighted by molar-refractivity contribution is 7.43. The monoisotopic (exact) mass is 306 g/mol. The Kier molecular flexibility index (Phi) is 4.23. The van der Waals surface area contributed by atoms with Gasteiger partial charge >= 0.3 is 5.69 Å². The van der Waals surface area contributed by atoms with Gasteiger partial charge in [0.05, 0.1) is 20.5 Å². The molecule has 2 N–H and O–H groups in total. The first-order valence-corrected chi connectivity index (χ1v) is 7.04. The summed E-state index contributed by atoms with van der Waals surface area (Å²) in [6.07, 6.45) is -1.88. The standard InChI is InChI=1S/C9H13N2O8P/c12-5-3-8(11-2-1-7(13)10-9(11)14)19-6(5)4-18-20(15,16)17/h1-2,5-6,8,12H,3-4H2,(H,10,13,14)(H2,15,16,17)/p-2. The van der Waals surface area contributed by atoms with E-state index in [1.807, 2.05) is 4.98 Å². The molecule has 1 saturated heterocycles. The number of phosphoric ester groups is 1. The zero-order valence-corrected chi connectivity index (χ0v) is 10.9. The molecule has 0 spiro atoms. The quantitative estimate of drug-likeness (QED) is 0.558. The smallest absolute Gasteiger partial charge is 0.330 e. The van der Waals surface area contributed by atoms with Crippen molar-refractivity contribution < 1.29 is 28.7 Å². The van der Waals surface area contributed by atoms with Crippen LogP contribution in [0.3, 0.4) is 0 Å². The molecule has 10 nitrogen and oxygen atoms in total. The number of aromatic amines is 1. The van der Waals surface area contributed by atoms with Gasteiger partial charge in [0.2, 0.25) is 0 Å². The number of nitrogens with one attached hydrogen (secondary N) is 1.